The molecule has 2 aliphatic rings. The predicted octanol–water partition coefficient (Wildman–Crippen LogP) is 1.69. The van der Waals surface area contributed by atoms with Crippen LogP contribution in [-0.4, -0.2) is 35.8 Å². The number of hydrogen-bond donors (Lipinski definition) is 1. The maximum absolute atomic E-state index is 11.8. The lowest BCUT2D eigenvalue weighted by atomic mass is 9.97. The van der Waals surface area contributed by atoms with E-state index in [1.54, 1.807) is 7.05 Å². The summed E-state index contributed by atoms with van der Waals surface area (Å²) in [6, 6.07) is 0.139. The molecular weight excluding hydrogens is 228 g/mol. The van der Waals surface area contributed by atoms with E-state index in [1.165, 1.54) is 30.6 Å². The van der Waals surface area contributed by atoms with Crippen molar-refractivity contribution in [2.24, 2.45) is 5.92 Å². The average Bonchev–Trinajstić information content (AvgIpc) is 2.58. The third kappa shape index (κ3) is 2.91. The number of imide groups is 1. The topological polar surface area (TPSA) is 49.4 Å². The third-order valence-electron chi connectivity index (χ3n) is 4.48. The van der Waals surface area contributed by atoms with Crippen LogP contribution in [-0.2, 0) is 9.59 Å². The molecule has 2 fully saturated rings. The summed E-state index contributed by atoms with van der Waals surface area (Å²) >= 11 is 0. The van der Waals surface area contributed by atoms with E-state index in [-0.39, 0.29) is 17.9 Å². The van der Waals surface area contributed by atoms with Crippen molar-refractivity contribution in [1.82, 2.24) is 10.2 Å². The molecular formula is C14H24N2O2. The Morgan fingerprint density at radius 3 is 2.61 bits per heavy atom. The molecule has 0 aromatic carbocycles. The lowest BCUT2D eigenvalue weighted by Crippen LogP contribution is -2.42. The van der Waals surface area contributed by atoms with Gasteiger partial charge in [0.1, 0.15) is 0 Å². The van der Waals surface area contributed by atoms with Gasteiger partial charge in [-0.3, -0.25) is 14.5 Å². The SMILES string of the molecule is CCC1CCCC(NC2CC(=O)N(C)C2=O)CC1. The molecule has 0 aromatic rings. The number of likely N-dealkylation sites (N-methyl/N-ethyl adjacent to an activating group) is 1. The standard InChI is InChI=1S/C14H24N2O2/c1-3-10-5-4-6-11(8-7-10)15-12-9-13(17)16(2)14(12)18/h10-12,15H,3-9H2,1-2H3. The molecule has 1 aliphatic carbocycles. The van der Waals surface area contributed by atoms with E-state index in [9.17, 15) is 9.59 Å². The summed E-state index contributed by atoms with van der Waals surface area (Å²) in [5.74, 6) is 0.731. The van der Waals surface area contributed by atoms with Gasteiger partial charge in [0.05, 0.1) is 12.5 Å². The van der Waals surface area contributed by atoms with Crippen molar-refractivity contribution in [2.75, 3.05) is 7.05 Å². The van der Waals surface area contributed by atoms with E-state index < -0.39 is 0 Å². The molecule has 0 spiro atoms. The smallest absolute Gasteiger partial charge is 0.246 e. The Labute approximate surface area is 109 Å². The highest BCUT2D eigenvalue weighted by atomic mass is 16.2. The maximum Gasteiger partial charge on any atom is 0.246 e. The van der Waals surface area contributed by atoms with Crippen molar-refractivity contribution < 1.29 is 9.59 Å². The van der Waals surface area contributed by atoms with Gasteiger partial charge in [0, 0.05) is 13.1 Å². The van der Waals surface area contributed by atoms with Crippen molar-refractivity contribution in [3.8, 4) is 0 Å². The fourth-order valence-electron chi connectivity index (χ4n) is 3.12. The van der Waals surface area contributed by atoms with Crippen molar-refractivity contribution in [3.63, 3.8) is 0 Å². The molecule has 18 heavy (non-hydrogen) atoms. The molecule has 0 aromatic heterocycles. The molecule has 3 atom stereocenters. The minimum absolute atomic E-state index is 0.0578. The lowest BCUT2D eigenvalue weighted by molar-refractivity contribution is -0.137. The number of likely N-dealkylation sites (tertiary alicyclic amines) is 1. The van der Waals surface area contributed by atoms with Gasteiger partial charge >= 0.3 is 0 Å². The molecule has 0 bridgehead atoms. The molecule has 102 valence electrons. The summed E-state index contributed by atoms with van der Waals surface area (Å²) in [6.45, 7) is 2.26. The number of nitrogens with zero attached hydrogens (tertiary/aromatic N) is 1. The first-order valence-electron chi connectivity index (χ1n) is 7.18. The van der Waals surface area contributed by atoms with Crippen LogP contribution in [0.25, 0.3) is 0 Å². The molecule has 1 heterocycles. The Kier molecular flexibility index (Phi) is 4.38. The molecule has 4 nitrogen and oxygen atoms in total. The van der Waals surface area contributed by atoms with Gasteiger partial charge in [-0.05, 0) is 25.2 Å². The Balaban J connectivity index is 1.86. The van der Waals surface area contributed by atoms with Crippen LogP contribution in [0, 0.1) is 5.92 Å². The van der Waals surface area contributed by atoms with E-state index in [1.807, 2.05) is 0 Å². The maximum atomic E-state index is 11.8. The number of hydrogen-bond acceptors (Lipinski definition) is 3. The van der Waals surface area contributed by atoms with Crippen molar-refractivity contribution in [2.45, 2.75) is 64.0 Å². The summed E-state index contributed by atoms with van der Waals surface area (Å²) in [4.78, 5) is 24.6. The summed E-state index contributed by atoms with van der Waals surface area (Å²) < 4.78 is 0. The molecule has 3 unspecified atom stereocenters. The Hall–Kier alpha value is -0.900. The van der Waals surface area contributed by atoms with Gasteiger partial charge in [-0.15, -0.1) is 0 Å². The minimum Gasteiger partial charge on any atom is -0.303 e. The first kappa shape index (κ1) is 13.5. The van der Waals surface area contributed by atoms with Crippen LogP contribution in [0.15, 0.2) is 0 Å². The monoisotopic (exact) mass is 252 g/mol. The van der Waals surface area contributed by atoms with Gasteiger partial charge in [0.15, 0.2) is 0 Å². The predicted molar refractivity (Wildman–Crippen MR) is 70.0 cm³/mol. The van der Waals surface area contributed by atoms with Crippen LogP contribution in [0.5, 0.6) is 0 Å². The highest BCUT2D eigenvalue weighted by Gasteiger charge is 2.37. The van der Waals surface area contributed by atoms with Crippen LogP contribution >= 0.6 is 0 Å². The molecule has 2 rings (SSSR count). The van der Waals surface area contributed by atoms with Gasteiger partial charge < -0.3 is 5.32 Å². The summed E-state index contributed by atoms with van der Waals surface area (Å²) in [6.07, 6.45) is 7.67. The molecule has 1 saturated heterocycles. The van der Waals surface area contributed by atoms with Crippen molar-refractivity contribution in [3.05, 3.63) is 0 Å². The molecule has 1 saturated carbocycles. The highest BCUT2D eigenvalue weighted by Crippen LogP contribution is 2.26. The molecule has 2 amide bonds. The fourth-order valence-corrected chi connectivity index (χ4v) is 3.12. The van der Waals surface area contributed by atoms with E-state index in [0.717, 1.165) is 18.8 Å². The lowest BCUT2D eigenvalue weighted by Gasteiger charge is -2.20. The van der Waals surface area contributed by atoms with Gasteiger partial charge in [0.25, 0.3) is 0 Å². The van der Waals surface area contributed by atoms with Crippen LogP contribution in [0.3, 0.4) is 0 Å². The average molecular weight is 252 g/mol. The Morgan fingerprint density at radius 2 is 2.00 bits per heavy atom. The highest BCUT2D eigenvalue weighted by molar-refractivity contribution is 6.05. The van der Waals surface area contributed by atoms with E-state index in [0.29, 0.717) is 12.5 Å². The Bertz CT molecular complexity index is 330. The Morgan fingerprint density at radius 1 is 1.22 bits per heavy atom. The molecule has 1 aliphatic heterocycles. The first-order valence-corrected chi connectivity index (χ1v) is 7.18. The fraction of sp³-hybridized carbons (Fsp3) is 0.857. The van der Waals surface area contributed by atoms with E-state index >= 15 is 0 Å². The van der Waals surface area contributed by atoms with Crippen molar-refractivity contribution >= 4 is 11.8 Å². The van der Waals surface area contributed by atoms with Gasteiger partial charge in [0.2, 0.25) is 11.8 Å². The first-order chi connectivity index (χ1) is 8.61. The van der Waals surface area contributed by atoms with Gasteiger partial charge in [-0.25, -0.2) is 0 Å². The van der Waals surface area contributed by atoms with Gasteiger partial charge in [-0.1, -0.05) is 26.2 Å². The molecule has 4 heteroatoms. The van der Waals surface area contributed by atoms with Gasteiger partial charge in [-0.2, -0.15) is 0 Å². The number of rotatable bonds is 3. The summed E-state index contributed by atoms with van der Waals surface area (Å²) in [7, 11) is 1.58. The second-order valence-corrected chi connectivity index (χ2v) is 5.69. The van der Waals surface area contributed by atoms with E-state index in [4.69, 9.17) is 0 Å². The van der Waals surface area contributed by atoms with E-state index in [2.05, 4.69) is 12.2 Å². The second-order valence-electron chi connectivity index (χ2n) is 5.69. The second kappa shape index (κ2) is 5.83. The largest absolute Gasteiger partial charge is 0.303 e. The zero-order valence-electron chi connectivity index (χ0n) is 11.4. The normalized spacial score (nSPS) is 33.9. The zero-order chi connectivity index (χ0) is 13.1. The zero-order valence-corrected chi connectivity index (χ0v) is 11.4. The van der Waals surface area contributed by atoms with Crippen LogP contribution < -0.4 is 5.32 Å². The number of carbonyl (C=O) groups is 2. The number of amides is 2. The van der Waals surface area contributed by atoms with Crippen LogP contribution in [0.1, 0.15) is 51.9 Å². The molecule has 0 radical (unpaired) electrons. The molecule has 1 N–H and O–H groups in total. The van der Waals surface area contributed by atoms with Crippen LogP contribution in [0.2, 0.25) is 0 Å². The third-order valence-corrected chi connectivity index (χ3v) is 4.48. The summed E-state index contributed by atoms with van der Waals surface area (Å²) in [5.41, 5.74) is 0. The van der Waals surface area contributed by atoms with Crippen LogP contribution in [0.4, 0.5) is 0 Å². The number of carbonyl (C=O) groups excluding carboxylic acids is 2. The quantitative estimate of drug-likeness (QED) is 0.614. The number of nitrogens with one attached hydrogen (secondary N) is 1. The van der Waals surface area contributed by atoms with Crippen molar-refractivity contribution in [1.29, 1.82) is 0 Å². The minimum atomic E-state index is -0.273. The summed E-state index contributed by atoms with van der Waals surface area (Å²) in [5, 5.41) is 3.40.